The van der Waals surface area contributed by atoms with Crippen molar-refractivity contribution in [2.45, 2.75) is 12.2 Å². The largest absolute Gasteiger partial charge is 0.586 e. The zero-order valence-electron chi connectivity index (χ0n) is 8.81. The van der Waals surface area contributed by atoms with Crippen LogP contribution < -0.4 is 9.47 Å². The minimum Gasteiger partial charge on any atom is -0.395 e. The van der Waals surface area contributed by atoms with E-state index in [1.165, 1.54) is 18.5 Å². The highest BCUT2D eigenvalue weighted by Gasteiger charge is 2.43. The molecular weight excluding hydrogens is 268 g/mol. The van der Waals surface area contributed by atoms with E-state index in [1.54, 1.807) is 10.6 Å². The molecule has 0 radical (unpaired) electrons. The number of hydrogen-bond donors (Lipinski definition) is 0. The van der Waals surface area contributed by atoms with Gasteiger partial charge in [-0.2, -0.15) is 0 Å². The second-order valence-corrected chi connectivity index (χ2v) is 3.82. The van der Waals surface area contributed by atoms with Crippen molar-refractivity contribution >= 4 is 11.6 Å². The third-order valence-corrected chi connectivity index (χ3v) is 2.64. The molecule has 18 heavy (non-hydrogen) atoms. The molecule has 0 N–H and O–H groups in total. The van der Waals surface area contributed by atoms with Crippen molar-refractivity contribution in [2.24, 2.45) is 0 Å². The Hall–Kier alpha value is -1.89. The number of nitrogens with zero attached hydrogens (tertiary/aromatic N) is 3. The SMILES string of the molecule is FC1(F)Oc2ccc(-n3cnnc3CCl)cc2O1. The Balaban J connectivity index is 2.02. The van der Waals surface area contributed by atoms with Gasteiger partial charge in [-0.05, 0) is 12.1 Å². The number of fused-ring (bicyclic) bond motifs is 1. The lowest BCUT2D eigenvalue weighted by Crippen LogP contribution is -2.25. The second-order valence-electron chi connectivity index (χ2n) is 3.55. The number of ether oxygens (including phenoxy) is 2. The first-order valence-corrected chi connectivity index (χ1v) is 5.48. The summed E-state index contributed by atoms with van der Waals surface area (Å²) in [5.41, 5.74) is 0.565. The van der Waals surface area contributed by atoms with E-state index in [0.29, 0.717) is 11.5 Å². The first-order valence-electron chi connectivity index (χ1n) is 4.94. The Kier molecular flexibility index (Phi) is 2.37. The van der Waals surface area contributed by atoms with Crippen LogP contribution in [0.25, 0.3) is 5.69 Å². The standard InChI is InChI=1S/C10H6ClF2N3O2/c11-4-9-15-14-5-16(9)6-1-2-7-8(3-6)18-10(12,13)17-7/h1-3,5H,4H2. The van der Waals surface area contributed by atoms with Crippen molar-refractivity contribution in [1.82, 2.24) is 14.8 Å². The van der Waals surface area contributed by atoms with Gasteiger partial charge in [0.1, 0.15) is 6.33 Å². The van der Waals surface area contributed by atoms with E-state index in [9.17, 15) is 8.78 Å². The highest BCUT2D eigenvalue weighted by atomic mass is 35.5. The van der Waals surface area contributed by atoms with E-state index < -0.39 is 6.29 Å². The van der Waals surface area contributed by atoms with Crippen LogP contribution in [0.5, 0.6) is 11.5 Å². The van der Waals surface area contributed by atoms with Crippen molar-refractivity contribution in [3.63, 3.8) is 0 Å². The Morgan fingerprint density at radius 3 is 2.83 bits per heavy atom. The molecule has 0 atom stereocenters. The summed E-state index contributed by atoms with van der Waals surface area (Å²) in [7, 11) is 0. The third-order valence-electron chi connectivity index (χ3n) is 2.40. The van der Waals surface area contributed by atoms with E-state index in [2.05, 4.69) is 19.7 Å². The molecule has 0 fully saturated rings. The molecule has 2 heterocycles. The Bertz CT molecular complexity index is 603. The third kappa shape index (κ3) is 1.76. The van der Waals surface area contributed by atoms with Crippen molar-refractivity contribution in [3.8, 4) is 17.2 Å². The van der Waals surface area contributed by atoms with Gasteiger partial charge in [0.2, 0.25) is 0 Å². The van der Waals surface area contributed by atoms with Gasteiger partial charge in [-0.1, -0.05) is 0 Å². The molecule has 0 saturated carbocycles. The molecule has 94 valence electrons. The molecule has 1 aliphatic rings. The average molecular weight is 274 g/mol. The summed E-state index contributed by atoms with van der Waals surface area (Å²) in [6.07, 6.45) is -2.18. The molecule has 5 nitrogen and oxygen atoms in total. The van der Waals surface area contributed by atoms with Crippen LogP contribution in [-0.2, 0) is 5.88 Å². The molecule has 0 unspecified atom stereocenters. The van der Waals surface area contributed by atoms with Crippen molar-refractivity contribution in [3.05, 3.63) is 30.4 Å². The van der Waals surface area contributed by atoms with Gasteiger partial charge in [0.05, 0.1) is 11.6 Å². The molecule has 1 aromatic heterocycles. The Morgan fingerprint density at radius 1 is 1.28 bits per heavy atom. The summed E-state index contributed by atoms with van der Waals surface area (Å²) < 4.78 is 36.0. The first-order chi connectivity index (χ1) is 8.59. The lowest BCUT2D eigenvalue weighted by Gasteiger charge is -2.05. The van der Waals surface area contributed by atoms with E-state index in [1.807, 2.05) is 0 Å². The van der Waals surface area contributed by atoms with Gasteiger partial charge in [0, 0.05) is 6.07 Å². The Labute approximate surface area is 105 Å². The second kappa shape index (κ2) is 3.81. The van der Waals surface area contributed by atoms with Gasteiger partial charge in [-0.25, -0.2) is 0 Å². The van der Waals surface area contributed by atoms with Gasteiger partial charge >= 0.3 is 6.29 Å². The van der Waals surface area contributed by atoms with Crippen LogP contribution in [-0.4, -0.2) is 21.1 Å². The molecule has 0 saturated heterocycles. The summed E-state index contributed by atoms with van der Waals surface area (Å²) in [4.78, 5) is 0. The molecule has 2 aromatic rings. The van der Waals surface area contributed by atoms with E-state index >= 15 is 0 Å². The number of rotatable bonds is 2. The molecule has 1 aliphatic heterocycles. The van der Waals surface area contributed by atoms with Crippen LogP contribution in [0, 0.1) is 0 Å². The first kappa shape index (κ1) is 11.2. The zero-order chi connectivity index (χ0) is 12.8. The number of hydrogen-bond acceptors (Lipinski definition) is 4. The fourth-order valence-corrected chi connectivity index (χ4v) is 1.84. The van der Waals surface area contributed by atoms with E-state index in [0.717, 1.165) is 0 Å². The maximum Gasteiger partial charge on any atom is 0.586 e. The normalized spacial score (nSPS) is 15.9. The maximum atomic E-state index is 12.9. The monoisotopic (exact) mass is 273 g/mol. The summed E-state index contributed by atoms with van der Waals surface area (Å²) in [5, 5.41) is 7.49. The zero-order valence-corrected chi connectivity index (χ0v) is 9.56. The van der Waals surface area contributed by atoms with Crippen LogP contribution in [0.3, 0.4) is 0 Å². The number of benzene rings is 1. The molecule has 0 amide bonds. The predicted octanol–water partition coefficient (Wildman–Crippen LogP) is 2.33. The summed E-state index contributed by atoms with van der Waals surface area (Å²) in [6, 6.07) is 4.39. The fraction of sp³-hybridized carbons (Fsp3) is 0.200. The Morgan fingerprint density at radius 2 is 2.06 bits per heavy atom. The molecular formula is C10H6ClF2N3O2. The van der Waals surface area contributed by atoms with Crippen LogP contribution in [0.15, 0.2) is 24.5 Å². The van der Waals surface area contributed by atoms with Gasteiger partial charge in [0.15, 0.2) is 17.3 Å². The maximum absolute atomic E-state index is 12.9. The summed E-state index contributed by atoms with van der Waals surface area (Å²) >= 11 is 5.69. The number of aromatic nitrogens is 3. The smallest absolute Gasteiger partial charge is 0.395 e. The van der Waals surface area contributed by atoms with Crippen LogP contribution in [0.2, 0.25) is 0 Å². The van der Waals surface area contributed by atoms with Crippen molar-refractivity contribution in [1.29, 1.82) is 0 Å². The van der Waals surface area contributed by atoms with Gasteiger partial charge in [-0.3, -0.25) is 4.57 Å². The molecule has 3 rings (SSSR count). The minimum atomic E-state index is -3.62. The highest BCUT2D eigenvalue weighted by molar-refractivity contribution is 6.16. The van der Waals surface area contributed by atoms with Gasteiger partial charge in [-0.15, -0.1) is 30.6 Å². The van der Waals surface area contributed by atoms with Gasteiger partial charge < -0.3 is 9.47 Å². The lowest BCUT2D eigenvalue weighted by atomic mass is 10.3. The topological polar surface area (TPSA) is 49.2 Å². The van der Waals surface area contributed by atoms with Crippen LogP contribution in [0.4, 0.5) is 8.78 Å². The van der Waals surface area contributed by atoms with Crippen molar-refractivity contribution in [2.75, 3.05) is 0 Å². The molecule has 0 bridgehead atoms. The minimum absolute atomic E-state index is 0.00996. The van der Waals surface area contributed by atoms with E-state index in [-0.39, 0.29) is 17.4 Å². The highest BCUT2D eigenvalue weighted by Crippen LogP contribution is 2.41. The average Bonchev–Trinajstić information content (AvgIpc) is 2.88. The number of alkyl halides is 3. The quantitative estimate of drug-likeness (QED) is 0.788. The summed E-state index contributed by atoms with van der Waals surface area (Å²) in [5.74, 6) is 0.614. The summed E-state index contributed by atoms with van der Waals surface area (Å²) in [6.45, 7) is 0. The predicted molar refractivity (Wildman–Crippen MR) is 57.1 cm³/mol. The molecule has 8 heteroatoms. The molecule has 0 aliphatic carbocycles. The van der Waals surface area contributed by atoms with E-state index in [4.69, 9.17) is 11.6 Å². The van der Waals surface area contributed by atoms with Crippen molar-refractivity contribution < 1.29 is 18.3 Å². The van der Waals surface area contributed by atoms with Crippen LogP contribution in [0.1, 0.15) is 5.82 Å². The molecule has 1 aromatic carbocycles. The number of halogens is 3. The lowest BCUT2D eigenvalue weighted by molar-refractivity contribution is -0.286. The molecule has 0 spiro atoms. The van der Waals surface area contributed by atoms with Crippen LogP contribution >= 0.6 is 11.6 Å². The fourth-order valence-electron chi connectivity index (χ4n) is 1.65. The van der Waals surface area contributed by atoms with Gasteiger partial charge in [0.25, 0.3) is 0 Å².